The van der Waals surface area contributed by atoms with E-state index in [2.05, 4.69) is 37.6 Å². The molecule has 0 spiro atoms. The zero-order valence-electron chi connectivity index (χ0n) is 13.0. The molecule has 0 saturated carbocycles. The SMILES string of the molecule is Cc1c(Cl)nc(C(C)(C)C)nc1N1CCCOC(C)C1. The maximum absolute atomic E-state index is 6.31. The largest absolute Gasteiger partial charge is 0.377 e. The molecule has 0 amide bonds. The summed E-state index contributed by atoms with van der Waals surface area (Å²) in [5.41, 5.74) is 0.842. The van der Waals surface area contributed by atoms with E-state index >= 15 is 0 Å². The first kappa shape index (κ1) is 15.5. The second kappa shape index (κ2) is 5.86. The van der Waals surface area contributed by atoms with E-state index in [1.165, 1.54) is 0 Å². The van der Waals surface area contributed by atoms with Crippen LogP contribution in [0, 0.1) is 6.92 Å². The highest BCUT2D eigenvalue weighted by molar-refractivity contribution is 6.30. The van der Waals surface area contributed by atoms with Gasteiger partial charge >= 0.3 is 0 Å². The molecule has 1 aliphatic rings. The fraction of sp³-hybridized carbons (Fsp3) is 0.733. The van der Waals surface area contributed by atoms with Crippen LogP contribution in [0.1, 0.15) is 45.5 Å². The van der Waals surface area contributed by atoms with Crippen molar-refractivity contribution in [3.63, 3.8) is 0 Å². The van der Waals surface area contributed by atoms with Crippen LogP contribution in [0.3, 0.4) is 0 Å². The van der Waals surface area contributed by atoms with Crippen LogP contribution >= 0.6 is 11.6 Å². The number of rotatable bonds is 1. The number of hydrogen-bond acceptors (Lipinski definition) is 4. The molecule has 0 aliphatic carbocycles. The Hall–Kier alpha value is -0.870. The van der Waals surface area contributed by atoms with E-state index in [1.807, 2.05) is 6.92 Å². The van der Waals surface area contributed by atoms with Crippen molar-refractivity contribution in [3.8, 4) is 0 Å². The molecule has 1 aromatic heterocycles. The van der Waals surface area contributed by atoms with Gasteiger partial charge in [-0.25, -0.2) is 9.97 Å². The lowest BCUT2D eigenvalue weighted by Gasteiger charge is -2.27. The maximum Gasteiger partial charge on any atom is 0.137 e. The predicted octanol–water partition coefficient (Wildman–Crippen LogP) is 3.35. The van der Waals surface area contributed by atoms with Crippen LogP contribution in [0.2, 0.25) is 5.15 Å². The van der Waals surface area contributed by atoms with Crippen LogP contribution in [-0.2, 0) is 10.2 Å². The van der Waals surface area contributed by atoms with E-state index < -0.39 is 0 Å². The first-order chi connectivity index (χ1) is 9.29. The van der Waals surface area contributed by atoms with Gasteiger partial charge in [-0.1, -0.05) is 32.4 Å². The summed E-state index contributed by atoms with van der Waals surface area (Å²) >= 11 is 6.31. The molecule has 5 heteroatoms. The van der Waals surface area contributed by atoms with Crippen molar-refractivity contribution in [2.75, 3.05) is 24.6 Å². The zero-order chi connectivity index (χ0) is 14.9. The van der Waals surface area contributed by atoms with E-state index in [0.29, 0.717) is 5.15 Å². The van der Waals surface area contributed by atoms with E-state index in [9.17, 15) is 0 Å². The van der Waals surface area contributed by atoms with Crippen LogP contribution in [0.4, 0.5) is 5.82 Å². The summed E-state index contributed by atoms with van der Waals surface area (Å²) in [6.07, 6.45) is 1.22. The minimum atomic E-state index is -0.111. The summed E-state index contributed by atoms with van der Waals surface area (Å²) in [5.74, 6) is 1.74. The Morgan fingerprint density at radius 2 is 2.00 bits per heavy atom. The molecule has 2 heterocycles. The van der Waals surface area contributed by atoms with Crippen molar-refractivity contribution < 1.29 is 4.74 Å². The lowest BCUT2D eigenvalue weighted by molar-refractivity contribution is 0.0820. The first-order valence-corrected chi connectivity index (χ1v) is 7.58. The van der Waals surface area contributed by atoms with Gasteiger partial charge in [-0.3, -0.25) is 0 Å². The van der Waals surface area contributed by atoms with Gasteiger partial charge in [-0.2, -0.15) is 0 Å². The molecule has 2 rings (SSSR count). The molecule has 0 aromatic carbocycles. The number of nitrogens with zero attached hydrogens (tertiary/aromatic N) is 3. The van der Waals surface area contributed by atoms with Gasteiger partial charge in [0.15, 0.2) is 0 Å². The van der Waals surface area contributed by atoms with Crippen molar-refractivity contribution in [3.05, 3.63) is 16.5 Å². The molecule has 4 nitrogen and oxygen atoms in total. The molecule has 1 saturated heterocycles. The van der Waals surface area contributed by atoms with Gasteiger partial charge in [0.2, 0.25) is 0 Å². The quantitative estimate of drug-likeness (QED) is 0.745. The summed E-state index contributed by atoms with van der Waals surface area (Å²) < 4.78 is 5.70. The third kappa shape index (κ3) is 3.41. The Kier molecular flexibility index (Phi) is 4.55. The minimum Gasteiger partial charge on any atom is -0.377 e. The normalized spacial score (nSPS) is 20.9. The molecule has 0 bridgehead atoms. The zero-order valence-corrected chi connectivity index (χ0v) is 13.8. The van der Waals surface area contributed by atoms with Gasteiger partial charge in [0.25, 0.3) is 0 Å². The lowest BCUT2D eigenvalue weighted by Crippen LogP contribution is -2.32. The van der Waals surface area contributed by atoms with Crippen molar-refractivity contribution in [2.45, 2.75) is 52.6 Å². The summed E-state index contributed by atoms with van der Waals surface area (Å²) in [7, 11) is 0. The van der Waals surface area contributed by atoms with E-state index in [1.54, 1.807) is 0 Å². The first-order valence-electron chi connectivity index (χ1n) is 7.20. The Labute approximate surface area is 126 Å². The fourth-order valence-corrected chi connectivity index (χ4v) is 2.47. The maximum atomic E-state index is 6.31. The average Bonchev–Trinajstić information content (AvgIpc) is 2.55. The Morgan fingerprint density at radius 3 is 2.65 bits per heavy atom. The van der Waals surface area contributed by atoms with Gasteiger partial charge < -0.3 is 9.64 Å². The molecule has 1 fully saturated rings. The topological polar surface area (TPSA) is 38.2 Å². The van der Waals surface area contributed by atoms with Gasteiger partial charge in [-0.15, -0.1) is 0 Å². The Bertz CT molecular complexity index is 485. The molecule has 0 radical (unpaired) electrons. The highest BCUT2D eigenvalue weighted by atomic mass is 35.5. The monoisotopic (exact) mass is 297 g/mol. The number of aromatic nitrogens is 2. The third-order valence-corrected chi connectivity index (χ3v) is 3.85. The van der Waals surface area contributed by atoms with Crippen LogP contribution in [0.5, 0.6) is 0 Å². The molecule has 112 valence electrons. The van der Waals surface area contributed by atoms with Crippen molar-refractivity contribution in [2.24, 2.45) is 0 Å². The lowest BCUT2D eigenvalue weighted by atomic mass is 9.95. The average molecular weight is 298 g/mol. The summed E-state index contributed by atoms with van der Waals surface area (Å²) in [5, 5.41) is 0.553. The van der Waals surface area contributed by atoms with E-state index in [4.69, 9.17) is 21.3 Å². The summed E-state index contributed by atoms with van der Waals surface area (Å²) in [6, 6.07) is 0. The molecule has 1 atom stereocenters. The van der Waals surface area contributed by atoms with Gasteiger partial charge in [0.05, 0.1) is 6.10 Å². The van der Waals surface area contributed by atoms with Crippen molar-refractivity contribution in [1.29, 1.82) is 0 Å². The molecule has 1 aliphatic heterocycles. The number of ether oxygens (including phenoxy) is 1. The van der Waals surface area contributed by atoms with Crippen LogP contribution in [-0.4, -0.2) is 35.8 Å². The second-order valence-electron chi connectivity index (χ2n) is 6.52. The molecule has 20 heavy (non-hydrogen) atoms. The van der Waals surface area contributed by atoms with Crippen LogP contribution < -0.4 is 4.90 Å². The van der Waals surface area contributed by atoms with Crippen LogP contribution in [0.25, 0.3) is 0 Å². The number of anilines is 1. The Morgan fingerprint density at radius 1 is 1.30 bits per heavy atom. The van der Waals surface area contributed by atoms with Gasteiger partial charge in [-0.05, 0) is 20.3 Å². The second-order valence-corrected chi connectivity index (χ2v) is 6.88. The van der Waals surface area contributed by atoms with E-state index in [-0.39, 0.29) is 11.5 Å². The molecular weight excluding hydrogens is 274 g/mol. The Balaban J connectivity index is 2.41. The van der Waals surface area contributed by atoms with Gasteiger partial charge in [0.1, 0.15) is 16.8 Å². The van der Waals surface area contributed by atoms with Gasteiger partial charge in [0, 0.05) is 30.7 Å². The highest BCUT2D eigenvalue weighted by Gasteiger charge is 2.24. The summed E-state index contributed by atoms with van der Waals surface area (Å²) in [4.78, 5) is 11.5. The van der Waals surface area contributed by atoms with Crippen LogP contribution in [0.15, 0.2) is 0 Å². The van der Waals surface area contributed by atoms with E-state index in [0.717, 1.165) is 43.3 Å². The number of hydrogen-bond donors (Lipinski definition) is 0. The van der Waals surface area contributed by atoms with Crippen molar-refractivity contribution in [1.82, 2.24) is 9.97 Å². The third-order valence-electron chi connectivity index (χ3n) is 3.48. The smallest absolute Gasteiger partial charge is 0.137 e. The molecule has 0 N–H and O–H groups in total. The van der Waals surface area contributed by atoms with Crippen molar-refractivity contribution >= 4 is 17.4 Å². The molecule has 1 unspecified atom stereocenters. The highest BCUT2D eigenvalue weighted by Crippen LogP contribution is 2.29. The molecular formula is C15H24ClN3O. The minimum absolute atomic E-state index is 0.111. The number of halogens is 1. The summed E-state index contributed by atoms with van der Waals surface area (Å²) in [6.45, 7) is 13.0. The standard InChI is InChI=1S/C15H24ClN3O/c1-10-9-19(7-6-8-20-10)13-11(2)12(16)17-14(18-13)15(3,4)5/h10H,6-9H2,1-5H3. The predicted molar refractivity (Wildman–Crippen MR) is 82.7 cm³/mol. The molecule has 1 aromatic rings. The fourth-order valence-electron chi connectivity index (χ4n) is 2.31.